The Labute approximate surface area is 292 Å². The predicted molar refractivity (Wildman–Crippen MR) is 160 cm³/mol. The molecule has 0 bridgehead atoms. The summed E-state index contributed by atoms with van der Waals surface area (Å²) >= 11 is 0. The molecule has 0 aliphatic heterocycles. The largest absolute Gasteiger partial charge is 1.00 e. The summed E-state index contributed by atoms with van der Waals surface area (Å²) in [6, 6.07) is 16.2. The number of anilines is 1. The number of hydrogen-bond acceptors (Lipinski definition) is 3. The van der Waals surface area contributed by atoms with Gasteiger partial charge in [-0.1, -0.05) is 24.3 Å². The molecule has 0 saturated heterocycles. The molecule has 11 heteroatoms. The third kappa shape index (κ3) is 9.59. The number of rotatable bonds is 9. The van der Waals surface area contributed by atoms with Gasteiger partial charge in [0, 0.05) is 23.7 Å². The minimum absolute atomic E-state index is 0. The zero-order chi connectivity index (χ0) is 30.6. The Morgan fingerprint density at radius 3 is 2.42 bits per heavy atom. The molecular weight excluding hydrogens is 582 g/mol. The third-order valence-corrected chi connectivity index (χ3v) is 6.74. The van der Waals surface area contributed by atoms with Gasteiger partial charge in [0.15, 0.2) is 0 Å². The first-order valence-corrected chi connectivity index (χ1v) is 13.4. The van der Waals surface area contributed by atoms with Gasteiger partial charge in [-0.3, -0.25) is 9.59 Å². The molecule has 43 heavy (non-hydrogen) atoms. The number of benzene rings is 3. The molecule has 1 saturated carbocycles. The molecule has 0 spiro atoms. The number of nitrogens with one attached hydrogen (secondary N) is 1. The number of alkyl halides is 3. The topological polar surface area (TPSA) is 102 Å². The van der Waals surface area contributed by atoms with E-state index >= 15 is 0 Å². The molecule has 1 aliphatic rings. The Hall–Kier alpha value is -2.80. The molecular formula is C32H33F3KN5O2. The Morgan fingerprint density at radius 2 is 1.79 bits per heavy atom. The number of carbonyl (C=O) groups excluding carboxylic acids is 2. The molecule has 2 amide bonds. The summed E-state index contributed by atoms with van der Waals surface area (Å²) in [7, 11) is 5.11. The zero-order valence-corrected chi connectivity index (χ0v) is 28.0. The second kappa shape index (κ2) is 14.8. The minimum atomic E-state index is -4.58. The van der Waals surface area contributed by atoms with Gasteiger partial charge >= 0.3 is 57.6 Å². The van der Waals surface area contributed by atoms with Gasteiger partial charge in [-0.05, 0) is 104 Å². The van der Waals surface area contributed by atoms with Gasteiger partial charge in [0.25, 0.3) is 11.8 Å². The standard InChI is InChI=1S/C32H34F3N5O2.K/c1-19-8-11-26(38-31(42)24-12-20(18-40(3)4)13-25(15-24)32(33,34)35)16-27(19)22-6-5-7-23(14-22)28(37-2)17-29(36)39-30(41)21-9-10-21;/h5-8,11-17,21H,9-10,18H2,1-4H3,(H4,36,37,38,39,41,42);/q;+1/p-1. The molecule has 0 aromatic heterocycles. The first-order valence-electron chi connectivity index (χ1n) is 13.4. The van der Waals surface area contributed by atoms with Crippen molar-refractivity contribution in [3.8, 4) is 11.1 Å². The summed E-state index contributed by atoms with van der Waals surface area (Å²) in [5, 5.41) is 7.06. The van der Waals surface area contributed by atoms with E-state index in [4.69, 9.17) is 5.73 Å². The van der Waals surface area contributed by atoms with Crippen LogP contribution in [-0.2, 0) is 17.5 Å². The van der Waals surface area contributed by atoms with Crippen LogP contribution in [-0.4, -0.2) is 43.7 Å². The van der Waals surface area contributed by atoms with Crippen molar-refractivity contribution in [3.63, 3.8) is 0 Å². The van der Waals surface area contributed by atoms with Crippen LogP contribution in [0.15, 0.2) is 71.7 Å². The van der Waals surface area contributed by atoms with Crippen molar-refractivity contribution in [2.24, 2.45) is 16.6 Å². The summed E-state index contributed by atoms with van der Waals surface area (Å²) in [5.41, 5.74) is 9.71. The maximum Gasteiger partial charge on any atom is 1.00 e. The smallest absolute Gasteiger partial charge is 0.686 e. The van der Waals surface area contributed by atoms with Gasteiger partial charge in [-0.25, -0.2) is 0 Å². The molecule has 0 unspecified atom stereocenters. The second-order valence-corrected chi connectivity index (χ2v) is 10.6. The van der Waals surface area contributed by atoms with Crippen LogP contribution in [0.25, 0.3) is 22.1 Å². The number of nitrogens with two attached hydrogens (primary N) is 1. The Morgan fingerprint density at radius 1 is 1.07 bits per heavy atom. The second-order valence-electron chi connectivity index (χ2n) is 10.6. The normalized spacial score (nSPS) is 13.9. The summed E-state index contributed by atoms with van der Waals surface area (Å²) in [6.45, 7) is 2.17. The fraction of sp³-hybridized carbons (Fsp3) is 0.281. The van der Waals surface area contributed by atoms with E-state index in [0.717, 1.165) is 47.2 Å². The SMILES string of the molecule is C[N-]/C(=C\C(N)=NC(=O)C1CC1)c1cccc(-c2cc(NC(=O)c3cc(CN(C)C)cc(C(F)(F)F)c3)ccc2C)c1.[K+]. The number of nitrogens with zero attached hydrogens (tertiary/aromatic N) is 3. The molecule has 220 valence electrons. The molecule has 3 aromatic rings. The average Bonchev–Trinajstić information content (AvgIpc) is 3.78. The van der Waals surface area contributed by atoms with Crippen LogP contribution in [0, 0.1) is 12.8 Å². The van der Waals surface area contributed by atoms with Crippen LogP contribution < -0.4 is 62.4 Å². The van der Waals surface area contributed by atoms with Crippen molar-refractivity contribution in [3.05, 3.63) is 99.9 Å². The number of amidine groups is 1. The molecule has 4 rings (SSSR count). The average molecular weight is 616 g/mol. The fourth-order valence-corrected chi connectivity index (χ4v) is 4.50. The molecule has 7 nitrogen and oxygen atoms in total. The minimum Gasteiger partial charge on any atom is -0.686 e. The van der Waals surface area contributed by atoms with E-state index in [1.54, 1.807) is 44.3 Å². The maximum absolute atomic E-state index is 13.6. The third-order valence-electron chi connectivity index (χ3n) is 6.74. The predicted octanol–water partition coefficient (Wildman–Crippen LogP) is 3.64. The summed E-state index contributed by atoms with van der Waals surface area (Å²) in [5.74, 6) is -0.814. The Bertz CT molecular complexity index is 1560. The Balaban J connectivity index is 0.00000506. The quantitative estimate of drug-likeness (QED) is 0.218. The summed E-state index contributed by atoms with van der Waals surface area (Å²) in [6.07, 6.45) is -1.35. The van der Waals surface area contributed by atoms with Crippen molar-refractivity contribution in [1.82, 2.24) is 4.90 Å². The van der Waals surface area contributed by atoms with E-state index in [1.807, 2.05) is 37.3 Å². The van der Waals surface area contributed by atoms with E-state index in [0.29, 0.717) is 16.9 Å². The van der Waals surface area contributed by atoms with Crippen molar-refractivity contribution in [2.75, 3.05) is 26.5 Å². The van der Waals surface area contributed by atoms with Crippen molar-refractivity contribution < 1.29 is 74.1 Å². The number of carbonyl (C=O) groups is 2. The van der Waals surface area contributed by atoms with Gasteiger partial charge in [0.05, 0.1) is 5.56 Å². The first-order chi connectivity index (χ1) is 19.8. The van der Waals surface area contributed by atoms with Gasteiger partial charge < -0.3 is 21.3 Å². The van der Waals surface area contributed by atoms with Crippen LogP contribution in [0.1, 0.15) is 45.5 Å². The van der Waals surface area contributed by atoms with E-state index in [9.17, 15) is 22.8 Å². The van der Waals surface area contributed by atoms with Gasteiger partial charge in [0.2, 0.25) is 0 Å². The first kappa shape index (κ1) is 34.7. The van der Waals surface area contributed by atoms with Gasteiger partial charge in [-0.2, -0.15) is 18.2 Å². The summed E-state index contributed by atoms with van der Waals surface area (Å²) in [4.78, 5) is 30.8. The monoisotopic (exact) mass is 615 g/mol. The number of aliphatic imine (C=N–C) groups is 1. The van der Waals surface area contributed by atoms with Crippen LogP contribution in [0.3, 0.4) is 0 Å². The number of amides is 2. The van der Waals surface area contributed by atoms with E-state index in [1.165, 1.54) is 6.07 Å². The van der Waals surface area contributed by atoms with Crippen molar-refractivity contribution in [2.45, 2.75) is 32.5 Å². The summed E-state index contributed by atoms with van der Waals surface area (Å²) < 4.78 is 40.7. The van der Waals surface area contributed by atoms with Gasteiger partial charge in [-0.15, -0.1) is 12.7 Å². The molecule has 1 aliphatic carbocycles. The van der Waals surface area contributed by atoms with Crippen LogP contribution in [0.5, 0.6) is 0 Å². The molecule has 0 radical (unpaired) electrons. The van der Waals surface area contributed by atoms with Crippen LogP contribution >= 0.6 is 0 Å². The zero-order valence-electron chi connectivity index (χ0n) is 24.9. The maximum atomic E-state index is 13.6. The number of hydrogen-bond donors (Lipinski definition) is 2. The molecule has 1 fully saturated rings. The van der Waals surface area contributed by atoms with Gasteiger partial charge in [0.1, 0.15) is 5.84 Å². The molecule has 0 atom stereocenters. The van der Waals surface area contributed by atoms with Crippen LogP contribution in [0.4, 0.5) is 18.9 Å². The fourth-order valence-electron chi connectivity index (χ4n) is 4.50. The molecule has 0 heterocycles. The van der Waals surface area contributed by atoms with Crippen LogP contribution in [0.2, 0.25) is 0 Å². The molecule has 3 N–H and O–H groups in total. The van der Waals surface area contributed by atoms with E-state index in [2.05, 4.69) is 15.6 Å². The van der Waals surface area contributed by atoms with Crippen molar-refractivity contribution in [1.29, 1.82) is 0 Å². The number of aryl methyl sites for hydroxylation is 1. The number of halogens is 3. The molecule has 3 aromatic carbocycles. The van der Waals surface area contributed by atoms with Crippen molar-refractivity contribution >= 4 is 29.0 Å². The Kier molecular flexibility index (Phi) is 11.9. The van der Waals surface area contributed by atoms with E-state index < -0.39 is 17.6 Å². The van der Waals surface area contributed by atoms with E-state index in [-0.39, 0.29) is 81.2 Å².